The smallest absolute Gasteiger partial charge is 0.350 e. The lowest BCUT2D eigenvalue weighted by molar-refractivity contribution is -0.113. The van der Waals surface area contributed by atoms with E-state index >= 15 is 0 Å². The van der Waals surface area contributed by atoms with Crippen LogP contribution in [0.4, 0.5) is 5.13 Å². The van der Waals surface area contributed by atoms with Crippen LogP contribution in [0.25, 0.3) is 0 Å². The average molecular weight is 462 g/mol. The molecule has 1 amide bonds. The Hall–Kier alpha value is -2.92. The average Bonchev–Trinajstić information content (AvgIpc) is 3.29. The zero-order valence-corrected chi connectivity index (χ0v) is 19.3. The van der Waals surface area contributed by atoms with Crippen LogP contribution in [0.3, 0.4) is 0 Å². The number of benzene rings is 1. The van der Waals surface area contributed by atoms with E-state index in [1.54, 1.807) is 21.0 Å². The number of hydrogen-bond acceptors (Lipinski definition) is 9. The molecule has 0 aliphatic rings. The number of aryl methyl sites for hydroxylation is 1. The van der Waals surface area contributed by atoms with Crippen molar-refractivity contribution in [3.63, 3.8) is 0 Å². The molecule has 164 valence electrons. The van der Waals surface area contributed by atoms with Gasteiger partial charge in [-0.3, -0.25) is 4.79 Å². The molecule has 1 N–H and O–H groups in total. The third kappa shape index (κ3) is 5.82. The molecule has 0 spiro atoms. The molecule has 0 bridgehead atoms. The van der Waals surface area contributed by atoms with Gasteiger partial charge in [0, 0.05) is 13.5 Å². The normalized spacial score (nSPS) is 10.7. The summed E-state index contributed by atoms with van der Waals surface area (Å²) in [6.45, 7) is 3.73. The SMILES string of the molecule is CCOC(=O)c1sc(NC(=O)CSc2nnc(Cc3ccc(OC)cc3)n2C)nc1C. The van der Waals surface area contributed by atoms with Gasteiger partial charge < -0.3 is 19.4 Å². The first-order valence-corrected chi connectivity index (χ1v) is 11.3. The Bertz CT molecular complexity index is 1060. The monoisotopic (exact) mass is 461 g/mol. The molecule has 0 fully saturated rings. The second kappa shape index (κ2) is 10.4. The van der Waals surface area contributed by atoms with Crippen molar-refractivity contribution in [2.24, 2.45) is 7.05 Å². The minimum Gasteiger partial charge on any atom is -0.497 e. The van der Waals surface area contributed by atoms with Crippen molar-refractivity contribution in [1.29, 1.82) is 0 Å². The van der Waals surface area contributed by atoms with Gasteiger partial charge in [0.25, 0.3) is 0 Å². The quantitative estimate of drug-likeness (QED) is 0.383. The van der Waals surface area contributed by atoms with E-state index in [-0.39, 0.29) is 18.3 Å². The number of nitrogens with zero attached hydrogens (tertiary/aromatic N) is 4. The van der Waals surface area contributed by atoms with Gasteiger partial charge in [-0.1, -0.05) is 35.2 Å². The Labute approximate surface area is 188 Å². The molecule has 0 aliphatic carbocycles. The second-order valence-electron chi connectivity index (χ2n) is 6.47. The summed E-state index contributed by atoms with van der Waals surface area (Å²) in [6.07, 6.45) is 0.620. The highest BCUT2D eigenvalue weighted by molar-refractivity contribution is 7.99. The number of hydrogen-bond donors (Lipinski definition) is 1. The number of carbonyl (C=O) groups excluding carboxylic acids is 2. The maximum Gasteiger partial charge on any atom is 0.350 e. The van der Waals surface area contributed by atoms with Gasteiger partial charge in [0.05, 0.1) is 25.2 Å². The molecule has 0 atom stereocenters. The highest BCUT2D eigenvalue weighted by Gasteiger charge is 2.18. The largest absolute Gasteiger partial charge is 0.497 e. The number of anilines is 1. The van der Waals surface area contributed by atoms with Gasteiger partial charge in [0.2, 0.25) is 5.91 Å². The van der Waals surface area contributed by atoms with Crippen molar-refractivity contribution >= 4 is 40.1 Å². The number of amides is 1. The summed E-state index contributed by atoms with van der Waals surface area (Å²) in [7, 11) is 3.50. The molecule has 9 nitrogen and oxygen atoms in total. The molecule has 2 aromatic heterocycles. The van der Waals surface area contributed by atoms with Gasteiger partial charge in [-0.15, -0.1) is 10.2 Å². The second-order valence-corrected chi connectivity index (χ2v) is 8.42. The standard InChI is InChI=1S/C20H23N5O4S2/c1-5-29-18(27)17-12(2)21-19(31-17)22-16(26)11-30-20-24-23-15(25(20)3)10-13-6-8-14(28-4)9-7-13/h6-9H,5,10-11H2,1-4H3,(H,21,22,26). The van der Waals surface area contributed by atoms with E-state index in [4.69, 9.17) is 9.47 Å². The third-order valence-electron chi connectivity index (χ3n) is 4.28. The third-order valence-corrected chi connectivity index (χ3v) is 6.36. The number of esters is 1. The Morgan fingerprint density at radius 1 is 1.23 bits per heavy atom. The van der Waals surface area contributed by atoms with Gasteiger partial charge in [0.15, 0.2) is 10.3 Å². The first kappa shape index (κ1) is 22.8. The van der Waals surface area contributed by atoms with Crippen LogP contribution in [0.15, 0.2) is 29.4 Å². The van der Waals surface area contributed by atoms with Gasteiger partial charge in [-0.2, -0.15) is 0 Å². The lowest BCUT2D eigenvalue weighted by atomic mass is 10.1. The highest BCUT2D eigenvalue weighted by Crippen LogP contribution is 2.24. The molecule has 31 heavy (non-hydrogen) atoms. The summed E-state index contributed by atoms with van der Waals surface area (Å²) in [6, 6.07) is 7.77. The zero-order valence-electron chi connectivity index (χ0n) is 17.7. The van der Waals surface area contributed by atoms with Crippen molar-refractivity contribution in [3.8, 4) is 5.75 Å². The summed E-state index contributed by atoms with van der Waals surface area (Å²) >= 11 is 2.38. The van der Waals surface area contributed by atoms with Gasteiger partial charge in [0.1, 0.15) is 16.5 Å². The van der Waals surface area contributed by atoms with Crippen molar-refractivity contribution in [1.82, 2.24) is 19.7 Å². The van der Waals surface area contributed by atoms with Crippen LogP contribution < -0.4 is 10.1 Å². The lowest BCUT2D eigenvalue weighted by Crippen LogP contribution is -2.14. The number of nitrogens with one attached hydrogen (secondary N) is 1. The lowest BCUT2D eigenvalue weighted by Gasteiger charge is -2.05. The molecule has 0 saturated carbocycles. The zero-order chi connectivity index (χ0) is 22.4. The number of rotatable bonds is 9. The molecule has 0 unspecified atom stereocenters. The first-order valence-electron chi connectivity index (χ1n) is 9.49. The number of thioether (sulfide) groups is 1. The van der Waals surface area contributed by atoms with Crippen LogP contribution in [0.5, 0.6) is 5.75 Å². The van der Waals surface area contributed by atoms with Crippen LogP contribution in [-0.2, 0) is 23.0 Å². The molecule has 2 heterocycles. The Morgan fingerprint density at radius 3 is 2.65 bits per heavy atom. The number of aromatic nitrogens is 4. The fraction of sp³-hybridized carbons (Fsp3) is 0.350. The predicted molar refractivity (Wildman–Crippen MR) is 119 cm³/mol. The number of thiazole rings is 1. The molecule has 0 radical (unpaired) electrons. The van der Waals surface area contributed by atoms with E-state index < -0.39 is 5.97 Å². The molecular formula is C20H23N5O4S2. The van der Waals surface area contributed by atoms with Crippen molar-refractivity contribution in [2.75, 3.05) is 24.8 Å². The number of carbonyl (C=O) groups is 2. The van der Waals surface area contributed by atoms with E-state index in [9.17, 15) is 9.59 Å². The summed E-state index contributed by atoms with van der Waals surface area (Å²) in [4.78, 5) is 28.8. The Balaban J connectivity index is 1.56. The van der Waals surface area contributed by atoms with Crippen LogP contribution in [-0.4, -0.2) is 51.1 Å². The summed E-state index contributed by atoms with van der Waals surface area (Å²) in [5.74, 6) is 1.06. The number of ether oxygens (including phenoxy) is 2. The van der Waals surface area contributed by atoms with Crippen molar-refractivity contribution in [2.45, 2.75) is 25.4 Å². The van der Waals surface area contributed by atoms with Crippen molar-refractivity contribution in [3.05, 3.63) is 46.2 Å². The molecule has 11 heteroatoms. The van der Waals surface area contributed by atoms with Gasteiger partial charge in [-0.05, 0) is 31.5 Å². The van der Waals surface area contributed by atoms with E-state index in [1.165, 1.54) is 11.8 Å². The van der Waals surface area contributed by atoms with Crippen molar-refractivity contribution < 1.29 is 19.1 Å². The van der Waals surface area contributed by atoms with E-state index in [0.717, 1.165) is 28.5 Å². The maximum absolute atomic E-state index is 12.3. The first-order chi connectivity index (χ1) is 14.9. The van der Waals surface area contributed by atoms with Crippen LogP contribution in [0, 0.1) is 6.92 Å². The van der Waals surface area contributed by atoms with E-state index in [0.29, 0.717) is 27.3 Å². The molecule has 3 aromatic rings. The molecule has 0 aliphatic heterocycles. The Kier molecular flexibility index (Phi) is 7.64. The van der Waals surface area contributed by atoms with Gasteiger partial charge in [-0.25, -0.2) is 9.78 Å². The fourth-order valence-electron chi connectivity index (χ4n) is 2.67. The maximum atomic E-state index is 12.3. The molecular weight excluding hydrogens is 438 g/mol. The highest BCUT2D eigenvalue weighted by atomic mass is 32.2. The van der Waals surface area contributed by atoms with Crippen LogP contribution >= 0.6 is 23.1 Å². The van der Waals surface area contributed by atoms with Gasteiger partial charge >= 0.3 is 5.97 Å². The van der Waals surface area contributed by atoms with E-state index in [2.05, 4.69) is 20.5 Å². The summed E-state index contributed by atoms with van der Waals surface area (Å²) < 4.78 is 12.0. The minimum absolute atomic E-state index is 0.141. The summed E-state index contributed by atoms with van der Waals surface area (Å²) in [5.41, 5.74) is 1.62. The fourth-order valence-corrected chi connectivity index (χ4v) is 4.28. The van der Waals surface area contributed by atoms with Crippen LogP contribution in [0.2, 0.25) is 0 Å². The minimum atomic E-state index is -0.434. The molecule has 0 saturated heterocycles. The molecule has 3 rings (SSSR count). The molecule has 1 aromatic carbocycles. The number of methoxy groups -OCH3 is 1. The summed E-state index contributed by atoms with van der Waals surface area (Å²) in [5, 5.41) is 12.1. The van der Waals surface area contributed by atoms with Crippen LogP contribution in [0.1, 0.15) is 33.7 Å². The topological polar surface area (TPSA) is 108 Å². The van der Waals surface area contributed by atoms with E-state index in [1.807, 2.05) is 35.9 Å². The Morgan fingerprint density at radius 2 is 1.97 bits per heavy atom. The predicted octanol–water partition coefficient (Wildman–Crippen LogP) is 3.09.